The Bertz CT molecular complexity index is 657. The average Bonchev–Trinajstić information content (AvgIpc) is 2.57. The van der Waals surface area contributed by atoms with Crippen LogP contribution in [0.3, 0.4) is 0 Å². The lowest BCUT2D eigenvalue weighted by Crippen LogP contribution is -2.61. The average molecular weight is 453 g/mol. The second kappa shape index (κ2) is 9.65. The summed E-state index contributed by atoms with van der Waals surface area (Å²) in [5, 5.41) is 5.12. The van der Waals surface area contributed by atoms with Gasteiger partial charge in [-0.15, -0.1) is 0 Å². The number of esters is 1. The van der Waals surface area contributed by atoms with Crippen molar-refractivity contribution in [2.24, 2.45) is 11.3 Å². The molecule has 10 heteroatoms. The number of nitrogens with one attached hydrogen (secondary N) is 2. The number of carbonyl (C=O) groups excluding carboxylic acids is 3. The molecule has 0 spiro atoms. The molecule has 0 heterocycles. The molecule has 0 aromatic carbocycles. The second-order valence-electron chi connectivity index (χ2n) is 10.3. The molecule has 1 saturated carbocycles. The fourth-order valence-corrected chi connectivity index (χ4v) is 3.61. The van der Waals surface area contributed by atoms with E-state index in [0.717, 1.165) is 7.11 Å². The predicted octanol–water partition coefficient (Wildman–Crippen LogP) is 4.10. The van der Waals surface area contributed by atoms with E-state index >= 15 is 0 Å². The summed E-state index contributed by atoms with van der Waals surface area (Å²) < 4.78 is 49.2. The zero-order valence-corrected chi connectivity index (χ0v) is 19.4. The number of carbonyl (C=O) groups is 3. The SMILES string of the molecule is COC(=O)C1(NC(=O)[C@@H](CC(C)(C)C)NC(=O)OC(C)(C)C)CCC(C(F)(F)F)CC1. The van der Waals surface area contributed by atoms with Gasteiger partial charge >= 0.3 is 18.2 Å². The first-order valence-electron chi connectivity index (χ1n) is 10.4. The van der Waals surface area contributed by atoms with Crippen molar-refractivity contribution in [3.8, 4) is 0 Å². The molecule has 0 aromatic rings. The number of ether oxygens (including phenoxy) is 2. The lowest BCUT2D eigenvalue weighted by Gasteiger charge is -2.40. The van der Waals surface area contributed by atoms with Gasteiger partial charge in [-0.2, -0.15) is 13.2 Å². The van der Waals surface area contributed by atoms with E-state index in [9.17, 15) is 27.6 Å². The van der Waals surface area contributed by atoms with Crippen LogP contribution in [0.2, 0.25) is 0 Å². The molecule has 0 unspecified atom stereocenters. The molecule has 2 N–H and O–H groups in total. The van der Waals surface area contributed by atoms with Crippen molar-refractivity contribution in [3.63, 3.8) is 0 Å². The van der Waals surface area contributed by atoms with E-state index in [1.54, 1.807) is 20.8 Å². The van der Waals surface area contributed by atoms with Crippen molar-refractivity contribution >= 4 is 18.0 Å². The number of alkyl halides is 3. The molecule has 7 nitrogen and oxygen atoms in total. The summed E-state index contributed by atoms with van der Waals surface area (Å²) in [6, 6.07) is -1.04. The fourth-order valence-electron chi connectivity index (χ4n) is 3.61. The molecule has 1 rings (SSSR count). The normalized spacial score (nSPS) is 23.5. The first-order chi connectivity index (χ1) is 13.9. The van der Waals surface area contributed by atoms with Crippen molar-refractivity contribution in [2.75, 3.05) is 7.11 Å². The van der Waals surface area contributed by atoms with Gasteiger partial charge in [0, 0.05) is 0 Å². The Balaban J connectivity index is 3.05. The van der Waals surface area contributed by atoms with Crippen molar-refractivity contribution in [1.29, 1.82) is 0 Å². The van der Waals surface area contributed by atoms with Crippen LogP contribution in [0, 0.1) is 11.3 Å². The second-order valence-corrected chi connectivity index (χ2v) is 10.3. The number of rotatable bonds is 5. The fraction of sp³-hybridized carbons (Fsp3) is 0.857. The van der Waals surface area contributed by atoms with Crippen LogP contribution in [-0.2, 0) is 19.1 Å². The Kier molecular flexibility index (Phi) is 8.41. The topological polar surface area (TPSA) is 93.7 Å². The van der Waals surface area contributed by atoms with Crippen LogP contribution in [0.5, 0.6) is 0 Å². The van der Waals surface area contributed by atoms with Gasteiger partial charge in [-0.05, 0) is 58.3 Å². The zero-order valence-electron chi connectivity index (χ0n) is 19.4. The van der Waals surface area contributed by atoms with Crippen molar-refractivity contribution < 1.29 is 37.0 Å². The van der Waals surface area contributed by atoms with Gasteiger partial charge in [-0.25, -0.2) is 9.59 Å². The number of amides is 2. The summed E-state index contributed by atoms with van der Waals surface area (Å²) in [7, 11) is 1.12. The standard InChI is InChI=1S/C21H35F3N2O5/c1-18(2,3)12-14(25-17(29)31-19(4,5)6)15(27)26-20(16(28)30-7)10-8-13(9-11-20)21(22,23)24/h13-14H,8-12H2,1-7H3,(H,25,29)(H,26,27)/t13?,14-,20?/m1/s1. The smallest absolute Gasteiger partial charge is 0.408 e. The molecular formula is C21H35F3N2O5. The van der Waals surface area contributed by atoms with E-state index in [1.165, 1.54) is 0 Å². The molecule has 1 aliphatic rings. The number of methoxy groups -OCH3 is 1. The third kappa shape index (κ3) is 8.57. The van der Waals surface area contributed by atoms with E-state index in [-0.39, 0.29) is 37.5 Å². The van der Waals surface area contributed by atoms with Crippen LogP contribution in [0.25, 0.3) is 0 Å². The van der Waals surface area contributed by atoms with Crippen LogP contribution >= 0.6 is 0 Å². The van der Waals surface area contributed by atoms with Gasteiger partial charge in [0.2, 0.25) is 5.91 Å². The van der Waals surface area contributed by atoms with E-state index < -0.39 is 47.2 Å². The van der Waals surface area contributed by atoms with Crippen LogP contribution in [-0.4, -0.2) is 48.4 Å². The Hall–Kier alpha value is -2.00. The van der Waals surface area contributed by atoms with E-state index in [2.05, 4.69) is 10.6 Å². The summed E-state index contributed by atoms with van der Waals surface area (Å²) in [5.74, 6) is -3.00. The maximum absolute atomic E-state index is 13.1. The molecule has 0 aliphatic heterocycles. The van der Waals surface area contributed by atoms with E-state index in [4.69, 9.17) is 9.47 Å². The summed E-state index contributed by atoms with van der Waals surface area (Å²) in [4.78, 5) is 37.8. The third-order valence-corrected chi connectivity index (χ3v) is 5.06. The minimum absolute atomic E-state index is 0.204. The highest BCUT2D eigenvalue weighted by atomic mass is 19.4. The molecule has 1 fully saturated rings. The van der Waals surface area contributed by atoms with Gasteiger partial charge in [0.25, 0.3) is 0 Å². The Morgan fingerprint density at radius 3 is 1.94 bits per heavy atom. The summed E-state index contributed by atoms with van der Waals surface area (Å²) in [6.45, 7) is 10.6. The van der Waals surface area contributed by atoms with Crippen molar-refractivity contribution in [2.45, 2.75) is 97.0 Å². The lowest BCUT2D eigenvalue weighted by molar-refractivity contribution is -0.189. The quantitative estimate of drug-likeness (QED) is 0.613. The molecule has 180 valence electrons. The van der Waals surface area contributed by atoms with Gasteiger partial charge in [0.15, 0.2) is 0 Å². The molecule has 0 bridgehead atoms. The number of hydrogen-bond acceptors (Lipinski definition) is 5. The third-order valence-electron chi connectivity index (χ3n) is 5.06. The zero-order chi connectivity index (χ0) is 24.3. The highest BCUT2D eigenvalue weighted by Gasteiger charge is 2.51. The summed E-state index contributed by atoms with van der Waals surface area (Å²) in [6.07, 6.45) is -5.95. The van der Waals surface area contributed by atoms with Gasteiger partial charge in [0.05, 0.1) is 13.0 Å². The molecule has 1 atom stereocenters. The highest BCUT2D eigenvalue weighted by Crippen LogP contribution is 2.41. The summed E-state index contributed by atoms with van der Waals surface area (Å²) >= 11 is 0. The molecular weight excluding hydrogens is 417 g/mol. The van der Waals surface area contributed by atoms with Gasteiger partial charge in [-0.1, -0.05) is 20.8 Å². The van der Waals surface area contributed by atoms with Crippen molar-refractivity contribution in [1.82, 2.24) is 10.6 Å². The van der Waals surface area contributed by atoms with E-state index in [1.807, 2.05) is 20.8 Å². The lowest BCUT2D eigenvalue weighted by atomic mass is 9.75. The van der Waals surface area contributed by atoms with Crippen LogP contribution in [0.4, 0.5) is 18.0 Å². The molecule has 0 aromatic heterocycles. The number of halogens is 3. The Morgan fingerprint density at radius 2 is 1.55 bits per heavy atom. The minimum atomic E-state index is -4.36. The maximum atomic E-state index is 13.1. The van der Waals surface area contributed by atoms with Gasteiger partial charge in [-0.3, -0.25) is 4.79 Å². The number of hydrogen-bond donors (Lipinski definition) is 2. The predicted molar refractivity (Wildman–Crippen MR) is 108 cm³/mol. The first kappa shape index (κ1) is 27.0. The summed E-state index contributed by atoms with van der Waals surface area (Å²) in [5.41, 5.74) is -2.72. The molecule has 0 saturated heterocycles. The van der Waals surface area contributed by atoms with Gasteiger partial charge < -0.3 is 20.1 Å². The van der Waals surface area contributed by atoms with Gasteiger partial charge in [0.1, 0.15) is 17.2 Å². The Morgan fingerprint density at radius 1 is 1.03 bits per heavy atom. The van der Waals surface area contributed by atoms with Crippen LogP contribution < -0.4 is 10.6 Å². The Labute approximate surface area is 181 Å². The van der Waals surface area contributed by atoms with Crippen molar-refractivity contribution in [3.05, 3.63) is 0 Å². The highest BCUT2D eigenvalue weighted by molar-refractivity contribution is 5.92. The maximum Gasteiger partial charge on any atom is 0.408 e. The number of alkyl carbamates (subject to hydrolysis) is 1. The molecule has 0 radical (unpaired) electrons. The first-order valence-corrected chi connectivity index (χ1v) is 10.4. The van der Waals surface area contributed by atoms with Crippen LogP contribution in [0.15, 0.2) is 0 Å². The van der Waals surface area contributed by atoms with Crippen LogP contribution in [0.1, 0.15) is 73.6 Å². The minimum Gasteiger partial charge on any atom is -0.467 e. The molecule has 31 heavy (non-hydrogen) atoms. The molecule has 1 aliphatic carbocycles. The largest absolute Gasteiger partial charge is 0.467 e. The molecule has 2 amide bonds. The van der Waals surface area contributed by atoms with E-state index in [0.29, 0.717) is 0 Å². The monoisotopic (exact) mass is 452 g/mol.